The molecule has 1 amide bonds. The van der Waals surface area contributed by atoms with Crippen LogP contribution in [0.2, 0.25) is 0 Å². The van der Waals surface area contributed by atoms with Gasteiger partial charge in [0.15, 0.2) is 0 Å². The Morgan fingerprint density at radius 2 is 1.90 bits per heavy atom. The largest absolute Gasteiger partial charge is 0.398 e. The van der Waals surface area contributed by atoms with Gasteiger partial charge >= 0.3 is 0 Å². The van der Waals surface area contributed by atoms with Crippen molar-refractivity contribution in [3.8, 4) is 0 Å². The van der Waals surface area contributed by atoms with Gasteiger partial charge in [-0.25, -0.2) is 0 Å². The van der Waals surface area contributed by atoms with Crippen LogP contribution >= 0.6 is 11.8 Å². The molecule has 3 N–H and O–H groups in total. The van der Waals surface area contributed by atoms with Crippen LogP contribution < -0.4 is 11.1 Å². The summed E-state index contributed by atoms with van der Waals surface area (Å²) in [5.41, 5.74) is 7.59. The fraction of sp³-hybridized carbons (Fsp3) is 0.133. The lowest BCUT2D eigenvalue weighted by atomic mass is 10.1. The van der Waals surface area contributed by atoms with Gasteiger partial charge in [-0.15, -0.1) is 0 Å². The highest BCUT2D eigenvalue weighted by Crippen LogP contribution is 2.32. The molecule has 0 radical (unpaired) electrons. The number of carbonyl (C=O) groups excluding carboxylic acids is 1. The van der Waals surface area contributed by atoms with Crippen LogP contribution in [0.4, 0.5) is 20.2 Å². The highest BCUT2D eigenvalue weighted by Gasteiger charge is 2.16. The maximum Gasteiger partial charge on any atom is 0.288 e. The molecule has 0 heterocycles. The fourth-order valence-electron chi connectivity index (χ4n) is 1.95. The number of para-hydroxylation sites is 1. The lowest BCUT2D eigenvalue weighted by Gasteiger charge is -2.13. The van der Waals surface area contributed by atoms with Crippen LogP contribution in [0.25, 0.3) is 0 Å². The molecule has 2 aromatic carbocycles. The molecule has 6 heteroatoms. The van der Waals surface area contributed by atoms with E-state index in [1.54, 1.807) is 43.3 Å². The SMILES string of the molecule is Cc1cccc(N)c1C(=O)Nc1ccccc1SC(F)F. The van der Waals surface area contributed by atoms with Gasteiger partial charge in [0.2, 0.25) is 0 Å². The van der Waals surface area contributed by atoms with Gasteiger partial charge in [0, 0.05) is 10.6 Å². The number of anilines is 2. The summed E-state index contributed by atoms with van der Waals surface area (Å²) in [6.07, 6.45) is 0. The Balaban J connectivity index is 2.28. The Hall–Kier alpha value is -2.08. The first kappa shape index (κ1) is 15.3. The number of amides is 1. The zero-order valence-electron chi connectivity index (χ0n) is 11.3. The average molecular weight is 308 g/mol. The number of thioether (sulfide) groups is 1. The van der Waals surface area contributed by atoms with Crippen molar-refractivity contribution in [2.75, 3.05) is 11.1 Å². The monoisotopic (exact) mass is 308 g/mol. The van der Waals surface area contributed by atoms with Crippen molar-refractivity contribution in [3.63, 3.8) is 0 Å². The van der Waals surface area contributed by atoms with Crippen molar-refractivity contribution in [1.82, 2.24) is 0 Å². The Labute approximate surface area is 125 Å². The van der Waals surface area contributed by atoms with E-state index in [4.69, 9.17) is 5.73 Å². The number of nitrogens with two attached hydrogens (primary N) is 1. The smallest absolute Gasteiger partial charge is 0.288 e. The molecular weight excluding hydrogens is 294 g/mol. The van der Waals surface area contributed by atoms with Crippen LogP contribution in [0.5, 0.6) is 0 Å². The zero-order chi connectivity index (χ0) is 15.4. The molecule has 0 atom stereocenters. The minimum absolute atomic E-state index is 0.313. The Kier molecular flexibility index (Phi) is 4.80. The summed E-state index contributed by atoms with van der Waals surface area (Å²) in [6, 6.07) is 11.6. The van der Waals surface area contributed by atoms with E-state index >= 15 is 0 Å². The van der Waals surface area contributed by atoms with E-state index in [1.165, 1.54) is 6.07 Å². The highest BCUT2D eigenvalue weighted by molar-refractivity contribution is 7.99. The Morgan fingerprint density at radius 3 is 2.57 bits per heavy atom. The van der Waals surface area contributed by atoms with Crippen molar-refractivity contribution in [2.45, 2.75) is 17.6 Å². The van der Waals surface area contributed by atoms with Crippen LogP contribution in [0.3, 0.4) is 0 Å². The minimum atomic E-state index is -2.55. The third-order valence-electron chi connectivity index (χ3n) is 2.88. The molecule has 0 fully saturated rings. The first-order chi connectivity index (χ1) is 9.99. The van der Waals surface area contributed by atoms with E-state index < -0.39 is 11.7 Å². The van der Waals surface area contributed by atoms with E-state index in [-0.39, 0.29) is 0 Å². The standard InChI is InChI=1S/C15H14F2N2OS/c1-9-5-4-6-10(18)13(9)14(20)19-11-7-2-3-8-12(11)21-15(16)17/h2-8,15H,18H2,1H3,(H,19,20). The number of hydrogen-bond donors (Lipinski definition) is 2. The van der Waals surface area contributed by atoms with Crippen molar-refractivity contribution in [3.05, 3.63) is 53.6 Å². The molecule has 21 heavy (non-hydrogen) atoms. The second kappa shape index (κ2) is 6.58. The summed E-state index contributed by atoms with van der Waals surface area (Å²) in [6.45, 7) is 1.77. The lowest BCUT2D eigenvalue weighted by molar-refractivity contribution is 0.102. The quantitative estimate of drug-likeness (QED) is 0.659. The average Bonchev–Trinajstić information content (AvgIpc) is 2.40. The van der Waals surface area contributed by atoms with Gasteiger partial charge in [-0.3, -0.25) is 4.79 Å². The molecule has 0 aliphatic heterocycles. The summed E-state index contributed by atoms with van der Waals surface area (Å²) in [5, 5.41) is 2.64. The molecule has 0 saturated heterocycles. The molecule has 0 aromatic heterocycles. The van der Waals surface area contributed by atoms with E-state index in [9.17, 15) is 13.6 Å². The molecule has 0 aliphatic rings. The Bertz CT molecular complexity index is 642. The minimum Gasteiger partial charge on any atom is -0.398 e. The van der Waals surface area contributed by atoms with Crippen LogP contribution in [0.1, 0.15) is 15.9 Å². The molecule has 2 aromatic rings. The first-order valence-electron chi connectivity index (χ1n) is 6.19. The molecule has 110 valence electrons. The summed E-state index contributed by atoms with van der Waals surface area (Å²) in [7, 11) is 0. The normalized spacial score (nSPS) is 10.7. The maximum atomic E-state index is 12.5. The van der Waals surface area contributed by atoms with E-state index in [0.29, 0.717) is 33.6 Å². The third kappa shape index (κ3) is 3.72. The van der Waals surface area contributed by atoms with Gasteiger partial charge in [0.05, 0.1) is 11.3 Å². The molecule has 0 saturated carbocycles. The molecule has 0 spiro atoms. The number of halogens is 2. The zero-order valence-corrected chi connectivity index (χ0v) is 12.1. The molecule has 0 unspecified atom stereocenters. The number of rotatable bonds is 4. The Morgan fingerprint density at radius 1 is 1.19 bits per heavy atom. The summed E-state index contributed by atoms with van der Waals surface area (Å²) < 4.78 is 25.0. The summed E-state index contributed by atoms with van der Waals surface area (Å²) in [5.74, 6) is -2.96. The lowest BCUT2D eigenvalue weighted by Crippen LogP contribution is -2.16. The number of benzene rings is 2. The molecule has 0 bridgehead atoms. The molecule has 3 nitrogen and oxygen atoms in total. The van der Waals surface area contributed by atoms with Gasteiger partial charge < -0.3 is 11.1 Å². The second-order valence-electron chi connectivity index (χ2n) is 4.37. The van der Waals surface area contributed by atoms with Crippen molar-refractivity contribution < 1.29 is 13.6 Å². The van der Waals surface area contributed by atoms with E-state index in [1.807, 2.05) is 0 Å². The van der Waals surface area contributed by atoms with Crippen molar-refractivity contribution >= 4 is 29.0 Å². The van der Waals surface area contributed by atoms with Gasteiger partial charge in [-0.2, -0.15) is 8.78 Å². The summed E-state index contributed by atoms with van der Waals surface area (Å²) in [4.78, 5) is 12.6. The van der Waals surface area contributed by atoms with Crippen LogP contribution in [-0.2, 0) is 0 Å². The number of alkyl halides is 2. The number of nitrogen functional groups attached to an aromatic ring is 1. The van der Waals surface area contributed by atoms with Gasteiger partial charge in [-0.1, -0.05) is 36.0 Å². The molecule has 2 rings (SSSR count). The summed E-state index contributed by atoms with van der Waals surface area (Å²) >= 11 is 0.391. The molecular formula is C15H14F2N2OS. The fourth-order valence-corrected chi connectivity index (χ4v) is 2.55. The third-order valence-corrected chi connectivity index (χ3v) is 3.67. The predicted molar refractivity (Wildman–Crippen MR) is 81.8 cm³/mol. The van der Waals surface area contributed by atoms with Gasteiger partial charge in [-0.05, 0) is 30.7 Å². The highest BCUT2D eigenvalue weighted by atomic mass is 32.2. The van der Waals surface area contributed by atoms with Crippen LogP contribution in [-0.4, -0.2) is 11.7 Å². The second-order valence-corrected chi connectivity index (χ2v) is 5.40. The van der Waals surface area contributed by atoms with Crippen molar-refractivity contribution in [2.24, 2.45) is 0 Å². The number of nitrogens with one attached hydrogen (secondary N) is 1. The van der Waals surface area contributed by atoms with E-state index in [2.05, 4.69) is 5.32 Å². The number of hydrogen-bond acceptors (Lipinski definition) is 3. The topological polar surface area (TPSA) is 55.1 Å². The van der Waals surface area contributed by atoms with Crippen molar-refractivity contribution in [1.29, 1.82) is 0 Å². The van der Waals surface area contributed by atoms with Gasteiger partial charge in [0.1, 0.15) is 0 Å². The van der Waals surface area contributed by atoms with E-state index in [0.717, 1.165) is 5.56 Å². The molecule has 0 aliphatic carbocycles. The van der Waals surface area contributed by atoms with Crippen LogP contribution in [0.15, 0.2) is 47.4 Å². The number of aryl methyl sites for hydroxylation is 1. The number of carbonyl (C=O) groups is 1. The van der Waals surface area contributed by atoms with Crippen LogP contribution in [0, 0.1) is 6.92 Å². The maximum absolute atomic E-state index is 12.5. The first-order valence-corrected chi connectivity index (χ1v) is 7.07. The predicted octanol–water partition coefficient (Wildman–Crippen LogP) is 4.14. The van der Waals surface area contributed by atoms with Gasteiger partial charge in [0.25, 0.3) is 11.7 Å².